The molecule has 36 heavy (non-hydrogen) atoms. The van der Waals surface area contributed by atoms with Crippen molar-refractivity contribution in [2.45, 2.75) is 18.8 Å². The van der Waals surface area contributed by atoms with Gasteiger partial charge in [0, 0.05) is 18.5 Å². The lowest BCUT2D eigenvalue weighted by Gasteiger charge is -2.32. The number of rotatable bonds is 4. The molecule has 1 amide bonds. The lowest BCUT2D eigenvalue weighted by atomic mass is 10.1. The summed E-state index contributed by atoms with van der Waals surface area (Å²) in [6.07, 6.45) is -1.66. The van der Waals surface area contributed by atoms with E-state index in [2.05, 4.69) is 10.1 Å². The van der Waals surface area contributed by atoms with E-state index in [4.69, 9.17) is 4.74 Å². The zero-order valence-electron chi connectivity index (χ0n) is 18.8. The normalized spacial score (nSPS) is 19.9. The third-order valence-corrected chi connectivity index (χ3v) is 6.95. The molecule has 1 saturated heterocycles. The Morgan fingerprint density at radius 3 is 2.83 bits per heavy atom. The summed E-state index contributed by atoms with van der Waals surface area (Å²) < 4.78 is 47.2. The Bertz CT molecular complexity index is 1390. The number of hydrogen-bond acceptors (Lipinski definition) is 7. The summed E-state index contributed by atoms with van der Waals surface area (Å²) >= 11 is 1.25. The summed E-state index contributed by atoms with van der Waals surface area (Å²) in [7, 11) is 0. The van der Waals surface area contributed by atoms with Crippen LogP contribution in [-0.2, 0) is 22.3 Å². The largest absolute Gasteiger partial charge is 0.508 e. The Morgan fingerprint density at radius 2 is 2.06 bits per heavy atom. The van der Waals surface area contributed by atoms with Crippen molar-refractivity contribution >= 4 is 39.8 Å². The molecule has 1 fully saturated rings. The molecule has 0 bridgehead atoms. The maximum atomic E-state index is 13.4. The predicted octanol–water partition coefficient (Wildman–Crippen LogP) is 3.47. The number of benzene rings is 2. The van der Waals surface area contributed by atoms with Crippen LogP contribution in [0, 0.1) is 0 Å². The number of fused-ring (bicyclic) bond motifs is 1. The first-order chi connectivity index (χ1) is 17.2. The highest BCUT2D eigenvalue weighted by Gasteiger charge is 2.34. The number of amidine groups is 1. The van der Waals surface area contributed by atoms with E-state index in [1.165, 1.54) is 28.6 Å². The molecule has 8 nitrogen and oxygen atoms in total. The van der Waals surface area contributed by atoms with Gasteiger partial charge in [-0.1, -0.05) is 12.1 Å². The Morgan fingerprint density at radius 1 is 1.22 bits per heavy atom. The van der Waals surface area contributed by atoms with E-state index in [1.54, 1.807) is 30.5 Å². The average molecular weight is 519 g/mol. The fourth-order valence-electron chi connectivity index (χ4n) is 4.14. The Kier molecular flexibility index (Phi) is 6.49. The number of aromatic nitrogens is 2. The minimum absolute atomic E-state index is 0.0133. The number of aliphatic hydroxyl groups excluding tert-OH is 1. The van der Waals surface area contributed by atoms with E-state index in [-0.39, 0.29) is 30.7 Å². The molecular weight excluding hydrogens is 497 g/mol. The number of aromatic hydroxyl groups is 1. The maximum Gasteiger partial charge on any atom is 0.416 e. The number of phenols is 1. The number of thioether (sulfide) groups is 1. The van der Waals surface area contributed by atoms with Crippen molar-refractivity contribution in [1.82, 2.24) is 14.7 Å². The minimum Gasteiger partial charge on any atom is -0.508 e. The van der Waals surface area contributed by atoms with Crippen molar-refractivity contribution in [3.63, 3.8) is 0 Å². The SMILES string of the molecule is O=C1N=C(N2CCO[C@@H](CO)C2)S/C1=C/c1ccc2c(cnn2Cc2ccc(O)cc2C(F)(F)F)c1. The first-order valence-corrected chi connectivity index (χ1v) is 11.9. The van der Waals surface area contributed by atoms with Gasteiger partial charge in [-0.25, -0.2) is 0 Å². The summed E-state index contributed by atoms with van der Waals surface area (Å²) in [6, 6.07) is 8.46. The number of carbonyl (C=O) groups excluding carboxylic acids is 1. The molecule has 0 unspecified atom stereocenters. The molecule has 0 aliphatic carbocycles. The molecule has 5 rings (SSSR count). The van der Waals surface area contributed by atoms with E-state index < -0.39 is 17.5 Å². The van der Waals surface area contributed by atoms with Gasteiger partial charge in [0.05, 0.1) is 48.0 Å². The predicted molar refractivity (Wildman–Crippen MR) is 128 cm³/mol. The molecular formula is C24H21F3N4O4S. The topological polar surface area (TPSA) is 100 Å². The minimum atomic E-state index is -4.61. The van der Waals surface area contributed by atoms with Gasteiger partial charge >= 0.3 is 6.18 Å². The van der Waals surface area contributed by atoms with Gasteiger partial charge in [-0.05, 0) is 53.2 Å². The highest BCUT2D eigenvalue weighted by atomic mass is 32.2. The van der Waals surface area contributed by atoms with Crippen LogP contribution in [0.25, 0.3) is 17.0 Å². The van der Waals surface area contributed by atoms with E-state index in [0.29, 0.717) is 46.7 Å². The van der Waals surface area contributed by atoms with Gasteiger partial charge in [0.25, 0.3) is 5.91 Å². The van der Waals surface area contributed by atoms with Gasteiger partial charge < -0.3 is 19.8 Å². The van der Waals surface area contributed by atoms with Crippen molar-refractivity contribution in [2.75, 3.05) is 26.3 Å². The first-order valence-electron chi connectivity index (χ1n) is 11.1. The number of carbonyl (C=O) groups is 1. The third kappa shape index (κ3) is 4.97. The maximum absolute atomic E-state index is 13.4. The number of hydrogen-bond donors (Lipinski definition) is 2. The van der Waals surface area contributed by atoms with Crippen LogP contribution in [0.15, 0.2) is 52.5 Å². The zero-order valence-corrected chi connectivity index (χ0v) is 19.6. The van der Waals surface area contributed by atoms with E-state index >= 15 is 0 Å². The molecule has 0 saturated carbocycles. The number of halogens is 3. The summed E-state index contributed by atoms with van der Waals surface area (Å²) in [4.78, 5) is 19.0. The summed E-state index contributed by atoms with van der Waals surface area (Å²) in [5, 5.41) is 24.3. The lowest BCUT2D eigenvalue weighted by Crippen LogP contribution is -2.45. The Hall–Kier alpha value is -3.35. The first kappa shape index (κ1) is 24.3. The number of alkyl halides is 3. The van der Waals surface area contributed by atoms with Crippen LogP contribution >= 0.6 is 11.8 Å². The number of aliphatic hydroxyl groups is 1. The van der Waals surface area contributed by atoms with Gasteiger partial charge in [-0.2, -0.15) is 23.3 Å². The van der Waals surface area contributed by atoms with Crippen LogP contribution in [0.5, 0.6) is 5.75 Å². The van der Waals surface area contributed by atoms with E-state index in [1.807, 2.05) is 4.90 Å². The Balaban J connectivity index is 1.35. The molecule has 2 aliphatic rings. The second kappa shape index (κ2) is 9.60. The third-order valence-electron chi connectivity index (χ3n) is 5.90. The summed E-state index contributed by atoms with van der Waals surface area (Å²) in [6.45, 7) is 1.23. The van der Waals surface area contributed by atoms with Crippen LogP contribution in [-0.4, -0.2) is 68.4 Å². The number of nitrogens with zero attached hydrogens (tertiary/aromatic N) is 4. The summed E-state index contributed by atoms with van der Waals surface area (Å²) in [5.74, 6) is -0.813. The number of morpholine rings is 1. The number of ether oxygens (including phenoxy) is 1. The van der Waals surface area contributed by atoms with Crippen LogP contribution in [0.1, 0.15) is 16.7 Å². The standard InChI is InChI=1S/C24H21F3N4O4S/c25-24(26,27)19-9-17(33)3-2-15(19)11-31-20-4-1-14(7-16(20)10-28-31)8-21-22(34)29-23(36-21)30-5-6-35-18(12-30)13-32/h1-4,7-10,18,32-33H,5-6,11-13H2/b21-8+/t18-/m1/s1. The molecule has 12 heteroatoms. The molecule has 1 atom stereocenters. The fraction of sp³-hybridized carbons (Fsp3) is 0.292. The number of phenolic OH excluding ortho intramolecular Hbond substituents is 1. The smallest absolute Gasteiger partial charge is 0.416 e. The van der Waals surface area contributed by atoms with Crippen molar-refractivity contribution in [2.24, 2.45) is 4.99 Å². The molecule has 1 aromatic heterocycles. The fourth-order valence-corrected chi connectivity index (χ4v) is 5.09. The molecule has 0 spiro atoms. The second-order valence-electron chi connectivity index (χ2n) is 8.39. The lowest BCUT2D eigenvalue weighted by molar-refractivity contribution is -0.138. The highest BCUT2D eigenvalue weighted by molar-refractivity contribution is 8.18. The van der Waals surface area contributed by atoms with Gasteiger partial charge in [-0.3, -0.25) is 9.48 Å². The van der Waals surface area contributed by atoms with Crippen LogP contribution in [0.2, 0.25) is 0 Å². The van der Waals surface area contributed by atoms with Crippen LogP contribution in [0.4, 0.5) is 13.2 Å². The molecule has 2 aromatic carbocycles. The molecule has 3 aromatic rings. The van der Waals surface area contributed by atoms with Crippen molar-refractivity contribution in [3.8, 4) is 5.75 Å². The molecule has 3 heterocycles. The quantitative estimate of drug-likeness (QED) is 0.510. The molecule has 2 aliphatic heterocycles. The van der Waals surface area contributed by atoms with E-state index in [0.717, 1.165) is 5.56 Å². The van der Waals surface area contributed by atoms with Gasteiger partial charge in [0.2, 0.25) is 0 Å². The van der Waals surface area contributed by atoms with Gasteiger partial charge in [0.1, 0.15) is 5.75 Å². The van der Waals surface area contributed by atoms with Crippen molar-refractivity contribution < 1.29 is 32.9 Å². The van der Waals surface area contributed by atoms with Crippen molar-refractivity contribution in [1.29, 1.82) is 0 Å². The second-order valence-corrected chi connectivity index (χ2v) is 9.40. The Labute approximate surface area is 207 Å². The average Bonchev–Trinajstić information content (AvgIpc) is 3.42. The molecule has 0 radical (unpaired) electrons. The zero-order chi connectivity index (χ0) is 25.4. The van der Waals surface area contributed by atoms with Crippen LogP contribution in [0.3, 0.4) is 0 Å². The number of aliphatic imine (C=N–C) groups is 1. The summed E-state index contributed by atoms with van der Waals surface area (Å²) in [5.41, 5.74) is 0.431. The van der Waals surface area contributed by atoms with Crippen molar-refractivity contribution in [3.05, 3.63) is 64.2 Å². The molecule has 2 N–H and O–H groups in total. The van der Waals surface area contributed by atoms with Gasteiger partial charge in [-0.15, -0.1) is 0 Å². The monoisotopic (exact) mass is 518 g/mol. The number of amides is 1. The van der Waals surface area contributed by atoms with Gasteiger partial charge in [0.15, 0.2) is 5.17 Å². The van der Waals surface area contributed by atoms with Crippen LogP contribution < -0.4 is 0 Å². The van der Waals surface area contributed by atoms with E-state index in [9.17, 15) is 28.2 Å². The molecule has 188 valence electrons. The highest BCUT2D eigenvalue weighted by Crippen LogP contribution is 2.35.